The first-order chi connectivity index (χ1) is 15.2. The Kier molecular flexibility index (Phi) is 13.9. The number of hydrogen-bond donors (Lipinski definition) is 1. The fourth-order valence-electron chi connectivity index (χ4n) is 4.41. The molecule has 0 amide bonds. The summed E-state index contributed by atoms with van der Waals surface area (Å²) < 4.78 is 6.20. The van der Waals surface area contributed by atoms with E-state index in [1.54, 1.807) is 0 Å². The van der Waals surface area contributed by atoms with Crippen LogP contribution in [-0.4, -0.2) is 35.5 Å². The summed E-state index contributed by atoms with van der Waals surface area (Å²) >= 11 is 0. The van der Waals surface area contributed by atoms with Gasteiger partial charge in [0.1, 0.15) is 12.2 Å². The molecule has 0 unspecified atom stereocenters. The van der Waals surface area contributed by atoms with E-state index in [0.29, 0.717) is 6.10 Å². The van der Waals surface area contributed by atoms with Crippen LogP contribution in [0.15, 0.2) is 24.3 Å². The average molecular weight is 437 g/mol. The average Bonchev–Trinajstić information content (AvgIpc) is 3.23. The summed E-state index contributed by atoms with van der Waals surface area (Å²) in [5.41, 5.74) is 0. The summed E-state index contributed by atoms with van der Waals surface area (Å²) in [4.78, 5) is 21.5. The number of unbranched alkanes of at least 4 members (excludes halogenated alkanes) is 8. The van der Waals surface area contributed by atoms with E-state index in [2.05, 4.69) is 31.2 Å². The van der Waals surface area contributed by atoms with E-state index < -0.39 is 5.97 Å². The van der Waals surface area contributed by atoms with Crippen molar-refractivity contribution in [2.45, 2.75) is 134 Å². The van der Waals surface area contributed by atoms with Crippen LogP contribution in [0, 0.1) is 0 Å². The first kappa shape index (κ1) is 26.1. The molecule has 5 nitrogen and oxygen atoms in total. The second-order valence-electron chi connectivity index (χ2n) is 9.10. The number of ether oxygens (including phenoxy) is 1. The molecular formula is C26H44O5. The SMILES string of the molecule is CCCC/C=C/C=C/CCCCCCCC[C@H]1CC[C@H]([C@H]2CC[C@H](CC(=O)O)OO2)O1. The van der Waals surface area contributed by atoms with Crippen molar-refractivity contribution in [2.75, 3.05) is 0 Å². The molecule has 5 heteroatoms. The molecule has 2 heterocycles. The topological polar surface area (TPSA) is 65.0 Å². The lowest BCUT2D eigenvalue weighted by atomic mass is 10.0. The molecule has 0 spiro atoms. The summed E-state index contributed by atoms with van der Waals surface area (Å²) in [6.45, 7) is 2.23. The lowest BCUT2D eigenvalue weighted by molar-refractivity contribution is -0.385. The molecule has 2 aliphatic rings. The van der Waals surface area contributed by atoms with Gasteiger partial charge in [-0.1, -0.05) is 76.2 Å². The van der Waals surface area contributed by atoms with E-state index in [9.17, 15) is 4.79 Å². The maximum Gasteiger partial charge on any atom is 0.306 e. The van der Waals surface area contributed by atoms with Crippen molar-refractivity contribution in [2.24, 2.45) is 0 Å². The van der Waals surface area contributed by atoms with Crippen molar-refractivity contribution < 1.29 is 24.4 Å². The minimum Gasteiger partial charge on any atom is -0.481 e. The molecule has 31 heavy (non-hydrogen) atoms. The molecule has 0 bridgehead atoms. The number of allylic oxidation sites excluding steroid dienone is 4. The van der Waals surface area contributed by atoms with Gasteiger partial charge in [0.25, 0.3) is 0 Å². The third-order valence-electron chi connectivity index (χ3n) is 6.30. The first-order valence-corrected chi connectivity index (χ1v) is 12.7. The zero-order valence-electron chi connectivity index (χ0n) is 19.5. The number of carbonyl (C=O) groups is 1. The number of hydrogen-bond acceptors (Lipinski definition) is 4. The Morgan fingerprint density at radius 3 is 2.13 bits per heavy atom. The monoisotopic (exact) mass is 436 g/mol. The van der Waals surface area contributed by atoms with Crippen molar-refractivity contribution in [3.63, 3.8) is 0 Å². The van der Waals surface area contributed by atoms with Gasteiger partial charge in [0.15, 0.2) is 0 Å². The van der Waals surface area contributed by atoms with Crippen molar-refractivity contribution in [3.8, 4) is 0 Å². The molecule has 0 aromatic heterocycles. The van der Waals surface area contributed by atoms with Crippen LogP contribution in [0.3, 0.4) is 0 Å². The zero-order chi connectivity index (χ0) is 22.2. The Bertz CT molecular complexity index is 522. The molecule has 0 saturated carbocycles. The van der Waals surface area contributed by atoms with Gasteiger partial charge in [-0.25, -0.2) is 9.78 Å². The number of carboxylic acids is 1. The largest absolute Gasteiger partial charge is 0.481 e. The van der Waals surface area contributed by atoms with Crippen molar-refractivity contribution >= 4 is 5.97 Å². The minimum atomic E-state index is -0.841. The Labute approximate surface area is 189 Å². The standard InChI is InChI=1S/C26H44O5/c1-2-3-4-5-6-7-8-9-10-11-12-13-14-15-16-22-17-19-24(29-22)25-20-18-23(30-31-25)21-26(27)28/h5-8,22-25H,2-4,9-21H2,1H3,(H,27,28)/b6-5+,8-7+/t22-,23+,24+,25+/m0/s1. The maximum absolute atomic E-state index is 10.8. The fraction of sp³-hybridized carbons (Fsp3) is 0.808. The molecule has 0 aromatic carbocycles. The van der Waals surface area contributed by atoms with E-state index in [4.69, 9.17) is 19.6 Å². The molecule has 178 valence electrons. The van der Waals surface area contributed by atoms with Crippen molar-refractivity contribution in [1.29, 1.82) is 0 Å². The molecule has 0 radical (unpaired) electrons. The highest BCUT2D eigenvalue weighted by Gasteiger charge is 2.36. The highest BCUT2D eigenvalue weighted by Crippen LogP contribution is 2.31. The van der Waals surface area contributed by atoms with Crippen LogP contribution in [0.4, 0.5) is 0 Å². The van der Waals surface area contributed by atoms with Crippen molar-refractivity contribution in [1.82, 2.24) is 0 Å². The predicted octanol–water partition coefficient (Wildman–Crippen LogP) is 6.91. The number of carboxylic acid groups (broad SMARTS) is 1. The van der Waals surface area contributed by atoms with Crippen LogP contribution >= 0.6 is 0 Å². The maximum atomic E-state index is 10.8. The third kappa shape index (κ3) is 11.9. The molecule has 4 atom stereocenters. The van der Waals surface area contributed by atoms with Gasteiger partial charge in [-0.3, -0.25) is 4.79 Å². The van der Waals surface area contributed by atoms with Crippen LogP contribution in [0.1, 0.15) is 110 Å². The highest BCUT2D eigenvalue weighted by molar-refractivity contribution is 5.67. The Hall–Kier alpha value is -1.17. The lowest BCUT2D eigenvalue weighted by Crippen LogP contribution is -2.37. The zero-order valence-corrected chi connectivity index (χ0v) is 19.5. The smallest absolute Gasteiger partial charge is 0.306 e. The Morgan fingerprint density at radius 2 is 1.45 bits per heavy atom. The van der Waals surface area contributed by atoms with Gasteiger partial charge in [-0.15, -0.1) is 0 Å². The van der Waals surface area contributed by atoms with Gasteiger partial charge in [0, 0.05) is 0 Å². The quantitative estimate of drug-likeness (QED) is 0.162. The van der Waals surface area contributed by atoms with Crippen LogP contribution in [0.5, 0.6) is 0 Å². The summed E-state index contributed by atoms with van der Waals surface area (Å²) in [7, 11) is 0. The first-order valence-electron chi connectivity index (χ1n) is 12.7. The summed E-state index contributed by atoms with van der Waals surface area (Å²) in [6, 6.07) is 0. The van der Waals surface area contributed by atoms with E-state index in [-0.39, 0.29) is 24.7 Å². The second kappa shape index (κ2) is 16.5. The molecule has 1 N–H and O–H groups in total. The third-order valence-corrected chi connectivity index (χ3v) is 6.30. The normalized spacial score (nSPS) is 26.9. The van der Waals surface area contributed by atoms with E-state index in [1.165, 1.54) is 64.2 Å². The van der Waals surface area contributed by atoms with Crippen LogP contribution in [0.25, 0.3) is 0 Å². The summed E-state index contributed by atoms with van der Waals surface area (Å²) in [6.07, 6.45) is 26.6. The fourth-order valence-corrected chi connectivity index (χ4v) is 4.41. The molecular weight excluding hydrogens is 392 g/mol. The molecule has 2 saturated heterocycles. The summed E-state index contributed by atoms with van der Waals surface area (Å²) in [5.74, 6) is -0.841. The van der Waals surface area contributed by atoms with Gasteiger partial charge >= 0.3 is 5.97 Å². The number of rotatable bonds is 16. The van der Waals surface area contributed by atoms with E-state index in [0.717, 1.165) is 32.1 Å². The molecule has 2 rings (SSSR count). The summed E-state index contributed by atoms with van der Waals surface area (Å²) in [5, 5.41) is 8.84. The van der Waals surface area contributed by atoms with Crippen LogP contribution < -0.4 is 0 Å². The van der Waals surface area contributed by atoms with Crippen LogP contribution in [-0.2, 0) is 19.3 Å². The second-order valence-corrected chi connectivity index (χ2v) is 9.10. The highest BCUT2D eigenvalue weighted by atomic mass is 17.2. The van der Waals surface area contributed by atoms with Crippen LogP contribution in [0.2, 0.25) is 0 Å². The molecule has 2 fully saturated rings. The lowest BCUT2D eigenvalue weighted by Gasteiger charge is -2.30. The van der Waals surface area contributed by atoms with Gasteiger partial charge in [0.05, 0.1) is 18.6 Å². The Morgan fingerprint density at radius 1 is 0.806 bits per heavy atom. The Balaban J connectivity index is 1.40. The van der Waals surface area contributed by atoms with E-state index in [1.807, 2.05) is 0 Å². The van der Waals surface area contributed by atoms with Gasteiger partial charge in [0.2, 0.25) is 0 Å². The van der Waals surface area contributed by atoms with Gasteiger partial charge in [-0.05, 0) is 51.4 Å². The molecule has 2 aliphatic heterocycles. The van der Waals surface area contributed by atoms with Gasteiger partial charge in [-0.2, -0.15) is 0 Å². The van der Waals surface area contributed by atoms with Crippen molar-refractivity contribution in [3.05, 3.63) is 24.3 Å². The van der Waals surface area contributed by atoms with Gasteiger partial charge < -0.3 is 9.84 Å². The molecule has 0 aliphatic carbocycles. The number of aliphatic carboxylic acids is 1. The molecule has 0 aromatic rings. The predicted molar refractivity (Wildman–Crippen MR) is 124 cm³/mol. The minimum absolute atomic E-state index is 0.00797. The van der Waals surface area contributed by atoms with E-state index >= 15 is 0 Å².